The molecule has 0 saturated heterocycles. The van der Waals surface area contributed by atoms with Gasteiger partial charge in [-0.1, -0.05) is 29.3 Å². The number of benzene rings is 1. The van der Waals surface area contributed by atoms with E-state index in [-0.39, 0.29) is 18.3 Å². The standard InChI is InChI=1S/C20H24ClN3O4/c21-14-4-2-5-15(10-14)23-20(28)24-22-11-17-16-8-12(3-1-6-19(26)27)7-13(16)9-18(17)25/h2-5,10-11,13,16-18,25H,1,6-9H2,(H,26,27)(H2,23,24,28)/b12-3-,22-11+/t13-,16-,17+,18+/m0/s1. The lowest BCUT2D eigenvalue weighted by molar-refractivity contribution is -0.136. The maximum atomic E-state index is 11.9. The monoisotopic (exact) mass is 405 g/mol. The number of rotatable bonds is 6. The van der Waals surface area contributed by atoms with Gasteiger partial charge in [0.2, 0.25) is 0 Å². The molecular weight excluding hydrogens is 382 g/mol. The van der Waals surface area contributed by atoms with Crippen LogP contribution in [0.4, 0.5) is 10.5 Å². The van der Waals surface area contributed by atoms with E-state index >= 15 is 0 Å². The van der Waals surface area contributed by atoms with Gasteiger partial charge in [0.1, 0.15) is 0 Å². The summed E-state index contributed by atoms with van der Waals surface area (Å²) in [5, 5.41) is 26.3. The second kappa shape index (κ2) is 9.21. The number of allylic oxidation sites excluding steroid dienone is 2. The lowest BCUT2D eigenvalue weighted by Crippen LogP contribution is -2.27. The molecule has 1 aromatic carbocycles. The van der Waals surface area contributed by atoms with Gasteiger partial charge in [-0.2, -0.15) is 5.10 Å². The number of nitrogens with one attached hydrogen (secondary N) is 2. The van der Waals surface area contributed by atoms with E-state index in [1.54, 1.807) is 30.5 Å². The number of amides is 2. The molecular formula is C20H24ClN3O4. The number of nitrogens with zero attached hydrogens (tertiary/aromatic N) is 1. The van der Waals surface area contributed by atoms with Crippen molar-refractivity contribution in [3.8, 4) is 0 Å². The van der Waals surface area contributed by atoms with Gasteiger partial charge in [0.15, 0.2) is 0 Å². The third-order valence-corrected chi connectivity index (χ3v) is 5.63. The third kappa shape index (κ3) is 5.33. The molecule has 3 rings (SSSR count). The van der Waals surface area contributed by atoms with Crippen molar-refractivity contribution in [3.05, 3.63) is 40.9 Å². The highest BCUT2D eigenvalue weighted by atomic mass is 35.5. The van der Waals surface area contributed by atoms with Crippen LogP contribution in [0, 0.1) is 17.8 Å². The summed E-state index contributed by atoms with van der Waals surface area (Å²) in [6, 6.07) is 6.32. The van der Waals surface area contributed by atoms with Gasteiger partial charge in [0, 0.05) is 29.3 Å². The summed E-state index contributed by atoms with van der Waals surface area (Å²) in [5.41, 5.74) is 4.24. The van der Waals surface area contributed by atoms with Crippen molar-refractivity contribution in [3.63, 3.8) is 0 Å². The highest BCUT2D eigenvalue weighted by Crippen LogP contribution is 2.49. The zero-order chi connectivity index (χ0) is 20.1. The molecule has 2 amide bonds. The van der Waals surface area contributed by atoms with Crippen LogP contribution >= 0.6 is 11.6 Å². The summed E-state index contributed by atoms with van der Waals surface area (Å²) in [4.78, 5) is 22.6. The first-order valence-corrected chi connectivity index (χ1v) is 9.73. The molecule has 2 fully saturated rings. The Morgan fingerprint density at radius 1 is 1.32 bits per heavy atom. The first kappa shape index (κ1) is 20.4. The number of aliphatic carboxylic acids is 1. The van der Waals surface area contributed by atoms with Gasteiger partial charge in [0.25, 0.3) is 0 Å². The summed E-state index contributed by atoms with van der Waals surface area (Å²) >= 11 is 5.88. The van der Waals surface area contributed by atoms with Crippen LogP contribution in [-0.2, 0) is 4.79 Å². The summed E-state index contributed by atoms with van der Waals surface area (Å²) in [6.45, 7) is 0. The average molecular weight is 406 g/mol. The molecule has 2 aliphatic carbocycles. The van der Waals surface area contributed by atoms with E-state index in [0.29, 0.717) is 29.5 Å². The number of hydrogen-bond donors (Lipinski definition) is 4. The fourth-order valence-corrected chi connectivity index (χ4v) is 4.38. The molecule has 4 N–H and O–H groups in total. The predicted octanol–water partition coefficient (Wildman–Crippen LogP) is 3.65. The molecule has 0 aliphatic heterocycles. The second-order valence-electron chi connectivity index (χ2n) is 7.36. The van der Waals surface area contributed by atoms with E-state index in [0.717, 1.165) is 12.8 Å². The SMILES string of the molecule is O=C(O)CC/C=C1/C[C@H]2C[C@@H](O)[C@H](/C=N/NC(=O)Nc3cccc(Cl)c3)[C@H]2C1. The molecule has 0 radical (unpaired) electrons. The number of urea groups is 1. The van der Waals surface area contributed by atoms with Gasteiger partial charge >= 0.3 is 12.0 Å². The van der Waals surface area contributed by atoms with Crippen molar-refractivity contribution in [2.24, 2.45) is 22.9 Å². The molecule has 150 valence electrons. The summed E-state index contributed by atoms with van der Waals surface area (Å²) < 4.78 is 0. The van der Waals surface area contributed by atoms with Gasteiger partial charge in [0.05, 0.1) is 6.10 Å². The van der Waals surface area contributed by atoms with Crippen LogP contribution in [0.2, 0.25) is 5.02 Å². The van der Waals surface area contributed by atoms with Crippen LogP contribution in [0.3, 0.4) is 0 Å². The van der Waals surface area contributed by atoms with Gasteiger partial charge in [-0.25, -0.2) is 10.2 Å². The van der Waals surface area contributed by atoms with Crippen molar-refractivity contribution < 1.29 is 19.8 Å². The van der Waals surface area contributed by atoms with Gasteiger partial charge in [-0.15, -0.1) is 0 Å². The third-order valence-electron chi connectivity index (χ3n) is 5.40. The number of anilines is 1. The van der Waals surface area contributed by atoms with E-state index in [2.05, 4.69) is 15.8 Å². The molecule has 0 spiro atoms. The molecule has 0 unspecified atom stereocenters. The number of halogens is 1. The minimum atomic E-state index is -0.794. The highest BCUT2D eigenvalue weighted by Gasteiger charge is 2.45. The normalized spacial score (nSPS) is 27.9. The van der Waals surface area contributed by atoms with Crippen molar-refractivity contribution in [2.75, 3.05) is 5.32 Å². The van der Waals surface area contributed by atoms with Crippen molar-refractivity contribution >= 4 is 35.5 Å². The van der Waals surface area contributed by atoms with Crippen LogP contribution in [0.5, 0.6) is 0 Å². The van der Waals surface area contributed by atoms with Crippen molar-refractivity contribution in [2.45, 2.75) is 38.2 Å². The first-order chi connectivity index (χ1) is 13.4. The Bertz CT molecular complexity index is 795. The number of carbonyl (C=O) groups is 2. The number of carboxylic acid groups (broad SMARTS) is 1. The molecule has 28 heavy (non-hydrogen) atoms. The number of aliphatic hydroxyl groups excluding tert-OH is 1. The Hall–Kier alpha value is -2.38. The molecule has 4 atom stereocenters. The Labute approximate surface area is 168 Å². The lowest BCUT2D eigenvalue weighted by Gasteiger charge is -2.16. The minimum absolute atomic E-state index is 0.123. The van der Waals surface area contributed by atoms with Crippen molar-refractivity contribution in [1.82, 2.24) is 5.43 Å². The second-order valence-corrected chi connectivity index (χ2v) is 7.80. The Morgan fingerprint density at radius 3 is 2.89 bits per heavy atom. The van der Waals surface area contributed by atoms with Crippen LogP contribution in [0.1, 0.15) is 32.1 Å². The average Bonchev–Trinajstić information content (AvgIpc) is 3.12. The molecule has 0 aromatic heterocycles. The summed E-state index contributed by atoms with van der Waals surface area (Å²) in [6.07, 6.45) is 6.27. The fraction of sp³-hybridized carbons (Fsp3) is 0.450. The van der Waals surface area contributed by atoms with Crippen LogP contribution in [-0.4, -0.2) is 34.5 Å². The van der Waals surface area contributed by atoms with Crippen LogP contribution < -0.4 is 10.7 Å². The fourth-order valence-electron chi connectivity index (χ4n) is 4.19. The van der Waals surface area contributed by atoms with Crippen LogP contribution in [0.15, 0.2) is 41.0 Å². The Kier molecular flexibility index (Phi) is 6.70. The van der Waals surface area contributed by atoms with E-state index in [1.165, 1.54) is 5.57 Å². The number of hydrazone groups is 1. The van der Waals surface area contributed by atoms with E-state index in [4.69, 9.17) is 16.7 Å². The van der Waals surface area contributed by atoms with E-state index in [1.807, 2.05) is 6.08 Å². The zero-order valence-corrected chi connectivity index (χ0v) is 16.1. The molecule has 0 bridgehead atoms. The smallest absolute Gasteiger partial charge is 0.339 e. The Morgan fingerprint density at radius 2 is 2.14 bits per heavy atom. The summed E-state index contributed by atoms with van der Waals surface area (Å²) in [5.74, 6) is -0.269. The van der Waals surface area contributed by atoms with Gasteiger partial charge < -0.3 is 15.5 Å². The summed E-state index contributed by atoms with van der Waals surface area (Å²) in [7, 11) is 0. The van der Waals surface area contributed by atoms with Gasteiger partial charge in [-0.05, 0) is 55.7 Å². The zero-order valence-electron chi connectivity index (χ0n) is 15.3. The van der Waals surface area contributed by atoms with Gasteiger partial charge in [-0.3, -0.25) is 4.79 Å². The number of hydrogen-bond acceptors (Lipinski definition) is 4. The first-order valence-electron chi connectivity index (χ1n) is 9.36. The van der Waals surface area contributed by atoms with Crippen molar-refractivity contribution in [1.29, 1.82) is 0 Å². The topological polar surface area (TPSA) is 111 Å². The maximum absolute atomic E-state index is 11.9. The molecule has 2 saturated carbocycles. The highest BCUT2D eigenvalue weighted by molar-refractivity contribution is 6.30. The largest absolute Gasteiger partial charge is 0.481 e. The number of fused-ring (bicyclic) bond motifs is 1. The molecule has 7 nitrogen and oxygen atoms in total. The lowest BCUT2D eigenvalue weighted by atomic mass is 9.92. The molecule has 8 heteroatoms. The number of carbonyl (C=O) groups excluding carboxylic acids is 1. The number of carboxylic acids is 1. The Balaban J connectivity index is 1.52. The molecule has 2 aliphatic rings. The minimum Gasteiger partial charge on any atom is -0.481 e. The predicted molar refractivity (Wildman–Crippen MR) is 107 cm³/mol. The maximum Gasteiger partial charge on any atom is 0.339 e. The molecule has 1 aromatic rings. The van der Waals surface area contributed by atoms with E-state index < -0.39 is 18.1 Å². The van der Waals surface area contributed by atoms with E-state index in [9.17, 15) is 14.7 Å². The van der Waals surface area contributed by atoms with Crippen LogP contribution in [0.25, 0.3) is 0 Å². The molecule has 0 heterocycles. The number of aliphatic hydroxyl groups is 1. The quantitative estimate of drug-likeness (QED) is 0.329.